The summed E-state index contributed by atoms with van der Waals surface area (Å²) in [6.07, 6.45) is 0.385. The molecule has 1 aliphatic rings. The minimum Gasteiger partial charge on any atom is -0.493 e. The van der Waals surface area contributed by atoms with E-state index in [1.807, 2.05) is 27.7 Å². The number of carbonyl (C=O) groups excluding carboxylic acids is 3. The smallest absolute Gasteiger partial charge is 0.410 e. The fourth-order valence-electron chi connectivity index (χ4n) is 3.46. The molecule has 1 fully saturated rings. The number of benzene rings is 1. The second-order valence-corrected chi connectivity index (χ2v) is 8.65. The van der Waals surface area contributed by atoms with E-state index >= 15 is 0 Å². The molecule has 0 aromatic heterocycles. The molecule has 1 N–H and O–H groups in total. The standard InChI is InChI=1S/C23H35N3O6/c1-7-25(22(29)32-23(2,3)4)12-8-11-24-21(28)16-13-20(27)26(15-16)17-9-10-18(30-5)19(14-17)31-6/h9-10,14,16H,7-8,11-13,15H2,1-6H3,(H,24,28)/t16-/m1/s1. The Bertz CT molecular complexity index is 820. The fourth-order valence-corrected chi connectivity index (χ4v) is 3.46. The Balaban J connectivity index is 1.85. The van der Waals surface area contributed by atoms with Gasteiger partial charge in [-0.3, -0.25) is 9.59 Å². The number of carbonyl (C=O) groups is 3. The van der Waals surface area contributed by atoms with Crippen LogP contribution in [0.3, 0.4) is 0 Å². The number of rotatable bonds is 9. The van der Waals surface area contributed by atoms with Crippen LogP contribution in [-0.4, -0.2) is 68.8 Å². The second-order valence-electron chi connectivity index (χ2n) is 8.65. The van der Waals surface area contributed by atoms with Crippen molar-refractivity contribution in [2.75, 3.05) is 45.3 Å². The van der Waals surface area contributed by atoms with E-state index in [0.717, 1.165) is 0 Å². The van der Waals surface area contributed by atoms with Crippen LogP contribution in [0, 0.1) is 5.92 Å². The molecule has 9 nitrogen and oxygen atoms in total. The van der Waals surface area contributed by atoms with Gasteiger partial charge < -0.3 is 29.3 Å². The highest BCUT2D eigenvalue weighted by molar-refractivity contribution is 6.00. The van der Waals surface area contributed by atoms with Gasteiger partial charge in [-0.15, -0.1) is 0 Å². The molecule has 9 heteroatoms. The van der Waals surface area contributed by atoms with Crippen LogP contribution in [0.4, 0.5) is 10.5 Å². The molecular weight excluding hydrogens is 414 g/mol. The molecule has 3 amide bonds. The topological polar surface area (TPSA) is 97.4 Å². The van der Waals surface area contributed by atoms with Gasteiger partial charge in [-0.2, -0.15) is 0 Å². The molecule has 1 saturated heterocycles. The van der Waals surface area contributed by atoms with E-state index in [1.165, 1.54) is 7.11 Å². The largest absolute Gasteiger partial charge is 0.493 e. The molecule has 0 unspecified atom stereocenters. The van der Waals surface area contributed by atoms with Gasteiger partial charge in [0.25, 0.3) is 0 Å². The molecular formula is C23H35N3O6. The number of hydrogen-bond donors (Lipinski definition) is 1. The molecule has 0 aliphatic carbocycles. The van der Waals surface area contributed by atoms with Crippen LogP contribution in [0.2, 0.25) is 0 Å². The van der Waals surface area contributed by atoms with Gasteiger partial charge in [-0.25, -0.2) is 4.79 Å². The molecule has 0 saturated carbocycles. The molecule has 1 aromatic rings. The van der Waals surface area contributed by atoms with E-state index in [4.69, 9.17) is 14.2 Å². The van der Waals surface area contributed by atoms with Crippen molar-refractivity contribution < 1.29 is 28.6 Å². The Morgan fingerprint density at radius 1 is 1.19 bits per heavy atom. The summed E-state index contributed by atoms with van der Waals surface area (Å²) >= 11 is 0. The minimum absolute atomic E-state index is 0.112. The zero-order valence-corrected chi connectivity index (χ0v) is 19.9. The van der Waals surface area contributed by atoms with Crippen molar-refractivity contribution in [1.82, 2.24) is 10.2 Å². The third-order valence-corrected chi connectivity index (χ3v) is 5.11. The molecule has 1 aliphatic heterocycles. The highest BCUT2D eigenvalue weighted by atomic mass is 16.6. The Kier molecular flexibility index (Phi) is 8.74. The van der Waals surface area contributed by atoms with Crippen molar-refractivity contribution in [3.05, 3.63) is 18.2 Å². The summed E-state index contributed by atoms with van der Waals surface area (Å²) in [4.78, 5) is 40.5. The Hall–Kier alpha value is -2.97. The number of ether oxygens (including phenoxy) is 3. The number of hydrogen-bond acceptors (Lipinski definition) is 6. The molecule has 178 valence electrons. The summed E-state index contributed by atoms with van der Waals surface area (Å²) < 4.78 is 15.9. The van der Waals surface area contributed by atoms with E-state index in [-0.39, 0.29) is 24.3 Å². The van der Waals surface area contributed by atoms with Crippen molar-refractivity contribution in [3.63, 3.8) is 0 Å². The average molecular weight is 450 g/mol. The van der Waals surface area contributed by atoms with Gasteiger partial charge in [0.2, 0.25) is 11.8 Å². The molecule has 0 radical (unpaired) electrons. The lowest BCUT2D eigenvalue weighted by Gasteiger charge is -2.26. The van der Waals surface area contributed by atoms with Gasteiger partial charge in [0, 0.05) is 44.4 Å². The minimum atomic E-state index is -0.548. The average Bonchev–Trinajstić information content (AvgIpc) is 3.13. The van der Waals surface area contributed by atoms with Gasteiger partial charge >= 0.3 is 6.09 Å². The van der Waals surface area contributed by atoms with Gasteiger partial charge in [-0.1, -0.05) is 0 Å². The number of amides is 3. The maximum absolute atomic E-state index is 12.6. The van der Waals surface area contributed by atoms with Crippen LogP contribution in [0.15, 0.2) is 18.2 Å². The van der Waals surface area contributed by atoms with E-state index < -0.39 is 11.5 Å². The zero-order valence-electron chi connectivity index (χ0n) is 19.9. The normalized spacial score (nSPS) is 16.0. The first-order valence-electron chi connectivity index (χ1n) is 10.9. The van der Waals surface area contributed by atoms with Crippen LogP contribution in [0.1, 0.15) is 40.5 Å². The van der Waals surface area contributed by atoms with Crippen LogP contribution in [-0.2, 0) is 14.3 Å². The summed E-state index contributed by atoms with van der Waals surface area (Å²) in [5, 5.41) is 2.88. The number of methoxy groups -OCH3 is 2. The maximum Gasteiger partial charge on any atom is 0.410 e. The van der Waals surface area contributed by atoms with Crippen molar-refractivity contribution in [2.45, 2.75) is 46.1 Å². The lowest BCUT2D eigenvalue weighted by Crippen LogP contribution is -2.39. The summed E-state index contributed by atoms with van der Waals surface area (Å²) in [6, 6.07) is 5.24. The molecule has 0 bridgehead atoms. The first-order chi connectivity index (χ1) is 15.1. The van der Waals surface area contributed by atoms with Crippen molar-refractivity contribution in [3.8, 4) is 11.5 Å². The zero-order chi connectivity index (χ0) is 23.9. The van der Waals surface area contributed by atoms with Crippen LogP contribution < -0.4 is 19.7 Å². The quantitative estimate of drug-likeness (QED) is 0.582. The van der Waals surface area contributed by atoms with Gasteiger partial charge in [0.05, 0.1) is 20.1 Å². The molecule has 1 heterocycles. The fraction of sp³-hybridized carbons (Fsp3) is 0.609. The van der Waals surface area contributed by atoms with Crippen LogP contribution in [0.25, 0.3) is 0 Å². The molecule has 2 rings (SSSR count). The SMILES string of the molecule is CCN(CCCNC(=O)[C@@H]1CC(=O)N(c2ccc(OC)c(OC)c2)C1)C(=O)OC(C)(C)C. The lowest BCUT2D eigenvalue weighted by molar-refractivity contribution is -0.126. The van der Waals surface area contributed by atoms with Crippen LogP contribution >= 0.6 is 0 Å². The Labute approximate surface area is 190 Å². The first kappa shape index (κ1) is 25.3. The van der Waals surface area contributed by atoms with Crippen molar-refractivity contribution in [1.29, 1.82) is 0 Å². The van der Waals surface area contributed by atoms with E-state index in [0.29, 0.717) is 49.8 Å². The third-order valence-electron chi connectivity index (χ3n) is 5.11. The number of anilines is 1. The van der Waals surface area contributed by atoms with Gasteiger partial charge in [0.1, 0.15) is 5.60 Å². The number of nitrogens with one attached hydrogen (secondary N) is 1. The van der Waals surface area contributed by atoms with E-state index in [9.17, 15) is 14.4 Å². The number of nitrogens with zero attached hydrogens (tertiary/aromatic N) is 2. The van der Waals surface area contributed by atoms with Crippen molar-refractivity contribution >= 4 is 23.6 Å². The predicted octanol–water partition coefficient (Wildman–Crippen LogP) is 2.82. The Morgan fingerprint density at radius 3 is 2.47 bits per heavy atom. The summed E-state index contributed by atoms with van der Waals surface area (Å²) in [5.41, 5.74) is 0.118. The molecule has 32 heavy (non-hydrogen) atoms. The molecule has 1 atom stereocenters. The lowest BCUT2D eigenvalue weighted by atomic mass is 10.1. The Morgan fingerprint density at radius 2 is 1.88 bits per heavy atom. The molecule has 0 spiro atoms. The van der Waals surface area contributed by atoms with E-state index in [2.05, 4.69) is 5.32 Å². The van der Waals surface area contributed by atoms with Crippen LogP contribution in [0.5, 0.6) is 11.5 Å². The first-order valence-corrected chi connectivity index (χ1v) is 10.9. The summed E-state index contributed by atoms with van der Waals surface area (Å²) in [6.45, 7) is 9.09. The monoisotopic (exact) mass is 449 g/mol. The van der Waals surface area contributed by atoms with Gasteiger partial charge in [-0.05, 0) is 46.2 Å². The summed E-state index contributed by atoms with van der Waals surface area (Å²) in [7, 11) is 3.08. The highest BCUT2D eigenvalue weighted by Crippen LogP contribution is 2.34. The summed E-state index contributed by atoms with van der Waals surface area (Å²) in [5.74, 6) is 0.394. The predicted molar refractivity (Wildman–Crippen MR) is 121 cm³/mol. The van der Waals surface area contributed by atoms with Gasteiger partial charge in [0.15, 0.2) is 11.5 Å². The van der Waals surface area contributed by atoms with E-state index in [1.54, 1.807) is 35.1 Å². The highest BCUT2D eigenvalue weighted by Gasteiger charge is 2.35. The van der Waals surface area contributed by atoms with Crippen molar-refractivity contribution in [2.24, 2.45) is 5.92 Å². The second kappa shape index (κ2) is 11.1. The third kappa shape index (κ3) is 6.77. The maximum atomic E-state index is 12.6. The molecule has 1 aromatic carbocycles.